The molecule has 4 nitrogen and oxygen atoms in total. The Morgan fingerprint density at radius 3 is 2.64 bits per heavy atom. The molecule has 0 amide bonds. The highest BCUT2D eigenvalue weighted by Crippen LogP contribution is 2.29. The lowest BCUT2D eigenvalue weighted by atomic mass is 9.90. The van der Waals surface area contributed by atoms with Crippen LogP contribution in [0.25, 0.3) is 5.57 Å². The third-order valence-corrected chi connectivity index (χ3v) is 4.73. The Morgan fingerprint density at radius 1 is 1.29 bits per heavy atom. The van der Waals surface area contributed by atoms with Crippen LogP contribution >= 0.6 is 0 Å². The van der Waals surface area contributed by atoms with E-state index in [0.717, 1.165) is 36.8 Å². The van der Waals surface area contributed by atoms with Crippen molar-refractivity contribution in [2.24, 2.45) is 0 Å². The molecule has 0 aromatic heterocycles. The number of nitrogens with zero attached hydrogens (tertiary/aromatic N) is 1. The van der Waals surface area contributed by atoms with Crippen molar-refractivity contribution in [3.63, 3.8) is 0 Å². The van der Waals surface area contributed by atoms with Gasteiger partial charge in [-0.05, 0) is 50.3 Å². The van der Waals surface area contributed by atoms with Gasteiger partial charge in [0.2, 0.25) is 0 Å². The van der Waals surface area contributed by atoms with E-state index in [2.05, 4.69) is 30.9 Å². The fraction of sp³-hybridized carbons (Fsp3) is 0.417. The van der Waals surface area contributed by atoms with E-state index in [1.165, 1.54) is 0 Å². The van der Waals surface area contributed by atoms with Gasteiger partial charge in [-0.3, -0.25) is 0 Å². The molecular formula is C24H29NO3. The number of rotatable bonds is 10. The van der Waals surface area contributed by atoms with Gasteiger partial charge in [-0.25, -0.2) is 4.79 Å². The van der Waals surface area contributed by atoms with Crippen molar-refractivity contribution in [2.45, 2.75) is 57.7 Å². The van der Waals surface area contributed by atoms with E-state index in [0.29, 0.717) is 18.6 Å². The summed E-state index contributed by atoms with van der Waals surface area (Å²) in [6.45, 7) is 7.66. The molecule has 1 aromatic rings. The van der Waals surface area contributed by atoms with Crippen LogP contribution in [0.4, 0.5) is 0 Å². The average Bonchev–Trinajstić information content (AvgIpc) is 2.71. The number of esters is 1. The first-order valence-electron chi connectivity index (χ1n) is 9.82. The molecule has 0 aliphatic heterocycles. The predicted octanol–water partition coefficient (Wildman–Crippen LogP) is 5.38. The van der Waals surface area contributed by atoms with E-state index in [9.17, 15) is 10.1 Å². The van der Waals surface area contributed by atoms with Crippen molar-refractivity contribution < 1.29 is 14.3 Å². The zero-order valence-corrected chi connectivity index (χ0v) is 16.8. The Bertz CT molecular complexity index is 773. The van der Waals surface area contributed by atoms with E-state index in [1.54, 1.807) is 6.92 Å². The van der Waals surface area contributed by atoms with Gasteiger partial charge in [0.05, 0.1) is 6.10 Å². The Balaban J connectivity index is 1.69. The number of nitriles is 1. The minimum absolute atomic E-state index is 0.113. The monoisotopic (exact) mass is 379 g/mol. The number of unbranched alkanes of at least 4 members (excludes halogenated alkanes) is 2. The van der Waals surface area contributed by atoms with Crippen molar-refractivity contribution in [1.29, 1.82) is 5.26 Å². The zero-order chi connectivity index (χ0) is 20.4. The first-order valence-corrected chi connectivity index (χ1v) is 9.82. The Labute approximate surface area is 168 Å². The van der Waals surface area contributed by atoms with Crippen molar-refractivity contribution in [1.82, 2.24) is 0 Å². The molecule has 0 bridgehead atoms. The Morgan fingerprint density at radius 2 is 2.04 bits per heavy atom. The summed E-state index contributed by atoms with van der Waals surface area (Å²) in [6.07, 6.45) is 9.94. The zero-order valence-electron chi connectivity index (χ0n) is 16.8. The highest BCUT2D eigenvalue weighted by Gasteiger charge is 2.29. The van der Waals surface area contributed by atoms with Gasteiger partial charge in [0.25, 0.3) is 0 Å². The maximum absolute atomic E-state index is 11.5. The molecule has 4 heteroatoms. The lowest BCUT2D eigenvalue weighted by molar-refractivity contribution is -0.143. The fourth-order valence-corrected chi connectivity index (χ4v) is 3.00. The molecule has 28 heavy (non-hydrogen) atoms. The molecule has 2 rings (SSSR count). The number of hydrogen-bond acceptors (Lipinski definition) is 4. The van der Waals surface area contributed by atoms with Gasteiger partial charge in [0.15, 0.2) is 5.60 Å². The largest absolute Gasteiger partial charge is 0.459 e. The average molecular weight is 380 g/mol. The smallest absolute Gasteiger partial charge is 0.333 e. The van der Waals surface area contributed by atoms with E-state index < -0.39 is 5.60 Å². The van der Waals surface area contributed by atoms with Crippen LogP contribution in [0.5, 0.6) is 0 Å². The SMILES string of the molecule is C=C(C)C(=O)OC(C)CCCCCOC1(C#N)C=CC(c2ccccc2)=CC1. The lowest BCUT2D eigenvalue weighted by Crippen LogP contribution is -2.29. The molecule has 0 saturated carbocycles. The highest BCUT2D eigenvalue weighted by molar-refractivity contribution is 5.87. The first kappa shape index (κ1) is 21.7. The normalized spacial score (nSPS) is 19.4. The molecule has 0 radical (unpaired) electrons. The Hall–Kier alpha value is -2.64. The highest BCUT2D eigenvalue weighted by atomic mass is 16.5. The van der Waals surface area contributed by atoms with Gasteiger partial charge in [0.1, 0.15) is 6.07 Å². The third kappa shape index (κ3) is 6.51. The van der Waals surface area contributed by atoms with Crippen LogP contribution in [-0.2, 0) is 14.3 Å². The number of carbonyl (C=O) groups excluding carboxylic acids is 1. The van der Waals surface area contributed by atoms with Crippen LogP contribution < -0.4 is 0 Å². The van der Waals surface area contributed by atoms with Crippen LogP contribution in [0, 0.1) is 11.3 Å². The lowest BCUT2D eigenvalue weighted by Gasteiger charge is -2.25. The van der Waals surface area contributed by atoms with Gasteiger partial charge < -0.3 is 9.47 Å². The van der Waals surface area contributed by atoms with E-state index in [1.807, 2.05) is 37.3 Å². The van der Waals surface area contributed by atoms with Gasteiger partial charge in [-0.15, -0.1) is 0 Å². The summed E-state index contributed by atoms with van der Waals surface area (Å²) in [7, 11) is 0. The van der Waals surface area contributed by atoms with Crippen LogP contribution in [0.3, 0.4) is 0 Å². The summed E-state index contributed by atoms with van der Waals surface area (Å²) in [5.41, 5.74) is 1.81. The van der Waals surface area contributed by atoms with Crippen LogP contribution in [0.2, 0.25) is 0 Å². The molecule has 1 aromatic carbocycles. The molecule has 148 valence electrons. The fourth-order valence-electron chi connectivity index (χ4n) is 3.00. The van der Waals surface area contributed by atoms with Gasteiger partial charge >= 0.3 is 5.97 Å². The summed E-state index contributed by atoms with van der Waals surface area (Å²) in [4.78, 5) is 11.5. The third-order valence-electron chi connectivity index (χ3n) is 4.73. The minimum atomic E-state index is -0.872. The second kappa shape index (κ2) is 10.6. The maximum Gasteiger partial charge on any atom is 0.333 e. The summed E-state index contributed by atoms with van der Waals surface area (Å²) in [6, 6.07) is 12.4. The van der Waals surface area contributed by atoms with E-state index in [-0.39, 0.29) is 12.1 Å². The maximum atomic E-state index is 11.5. The molecule has 1 aliphatic carbocycles. The summed E-state index contributed by atoms with van der Waals surface area (Å²) in [5.74, 6) is -0.334. The first-order chi connectivity index (χ1) is 13.5. The summed E-state index contributed by atoms with van der Waals surface area (Å²) >= 11 is 0. The van der Waals surface area contributed by atoms with Crippen LogP contribution in [0.15, 0.2) is 60.7 Å². The minimum Gasteiger partial charge on any atom is -0.459 e. The van der Waals surface area contributed by atoms with E-state index in [4.69, 9.17) is 9.47 Å². The van der Waals surface area contributed by atoms with Crippen LogP contribution in [0.1, 0.15) is 51.5 Å². The second-order valence-corrected chi connectivity index (χ2v) is 7.26. The Kier molecular flexibility index (Phi) is 8.22. The molecular weight excluding hydrogens is 350 g/mol. The molecule has 0 heterocycles. The molecule has 1 aliphatic rings. The van der Waals surface area contributed by atoms with Gasteiger partial charge in [-0.1, -0.05) is 55.5 Å². The van der Waals surface area contributed by atoms with Crippen molar-refractivity contribution >= 4 is 11.5 Å². The standard InChI is InChI=1S/C24H29NO3/c1-19(2)23(26)28-20(3)10-6-5-9-17-27-24(18-25)15-13-22(14-16-24)21-11-7-4-8-12-21/h4,7-8,11-15,20H,1,5-6,9-10,16-17H2,2-3H3. The van der Waals surface area contributed by atoms with Crippen molar-refractivity contribution in [3.05, 3.63) is 66.3 Å². The molecule has 0 saturated heterocycles. The molecule has 0 fully saturated rings. The molecule has 2 unspecified atom stereocenters. The van der Waals surface area contributed by atoms with Crippen molar-refractivity contribution in [3.8, 4) is 6.07 Å². The predicted molar refractivity (Wildman–Crippen MR) is 111 cm³/mol. The summed E-state index contributed by atoms with van der Waals surface area (Å²) < 4.78 is 11.2. The van der Waals surface area contributed by atoms with Crippen LogP contribution in [-0.4, -0.2) is 24.3 Å². The summed E-state index contributed by atoms with van der Waals surface area (Å²) in [5, 5.41) is 9.59. The molecule has 0 spiro atoms. The molecule has 2 atom stereocenters. The number of benzene rings is 1. The number of hydrogen-bond donors (Lipinski definition) is 0. The molecule has 0 N–H and O–H groups in total. The van der Waals surface area contributed by atoms with Gasteiger partial charge in [0, 0.05) is 18.6 Å². The number of allylic oxidation sites excluding steroid dienone is 2. The van der Waals surface area contributed by atoms with Crippen molar-refractivity contribution in [2.75, 3.05) is 6.61 Å². The topological polar surface area (TPSA) is 59.3 Å². The number of ether oxygens (including phenoxy) is 2. The second-order valence-electron chi connectivity index (χ2n) is 7.26. The quantitative estimate of drug-likeness (QED) is 0.311. The van der Waals surface area contributed by atoms with Gasteiger partial charge in [-0.2, -0.15) is 5.26 Å². The number of carbonyl (C=O) groups is 1. The van der Waals surface area contributed by atoms with E-state index >= 15 is 0 Å².